The van der Waals surface area contributed by atoms with E-state index in [0.717, 1.165) is 15.6 Å². The maximum absolute atomic E-state index is 13.1. The first-order chi connectivity index (χ1) is 17.4. The first kappa shape index (κ1) is 24.7. The molecule has 0 saturated carbocycles. The van der Waals surface area contributed by atoms with E-state index in [1.165, 1.54) is 38.4 Å². The summed E-state index contributed by atoms with van der Waals surface area (Å²) in [6.45, 7) is 0. The highest BCUT2D eigenvalue weighted by molar-refractivity contribution is 7.92. The molecule has 0 aliphatic rings. The summed E-state index contributed by atoms with van der Waals surface area (Å²) in [6, 6.07) is 25.8. The van der Waals surface area contributed by atoms with Gasteiger partial charge in [-0.25, -0.2) is 8.42 Å². The van der Waals surface area contributed by atoms with Crippen LogP contribution in [0.1, 0.15) is 21.6 Å². The van der Waals surface area contributed by atoms with Gasteiger partial charge in [-0.3, -0.25) is 14.1 Å². The molecule has 1 aromatic heterocycles. The molecule has 0 aliphatic heterocycles. The molecule has 0 saturated heterocycles. The number of para-hydroxylation sites is 2. The van der Waals surface area contributed by atoms with Crippen molar-refractivity contribution in [2.75, 3.05) is 23.8 Å². The molecule has 1 N–H and O–H groups in total. The van der Waals surface area contributed by atoms with Crippen molar-refractivity contribution in [1.82, 2.24) is 4.98 Å². The Morgan fingerprint density at radius 3 is 2.39 bits per heavy atom. The second-order valence-electron chi connectivity index (χ2n) is 7.84. The first-order valence-corrected chi connectivity index (χ1v) is 12.5. The van der Waals surface area contributed by atoms with Crippen LogP contribution in [0.2, 0.25) is 0 Å². The Labute approximate surface area is 210 Å². The molecule has 36 heavy (non-hydrogen) atoms. The van der Waals surface area contributed by atoms with Gasteiger partial charge >= 0.3 is 0 Å². The fourth-order valence-corrected chi connectivity index (χ4v) is 4.74. The third-order valence-corrected chi connectivity index (χ3v) is 7.26. The van der Waals surface area contributed by atoms with Gasteiger partial charge in [0.25, 0.3) is 15.9 Å². The Kier molecular flexibility index (Phi) is 7.46. The summed E-state index contributed by atoms with van der Waals surface area (Å²) < 4.78 is 32.7. The van der Waals surface area contributed by atoms with Crippen molar-refractivity contribution >= 4 is 39.5 Å². The quantitative estimate of drug-likeness (QED) is 0.354. The number of amides is 1. The van der Waals surface area contributed by atoms with Crippen molar-refractivity contribution in [3.8, 4) is 5.75 Å². The zero-order chi connectivity index (χ0) is 25.5. The van der Waals surface area contributed by atoms with Crippen molar-refractivity contribution in [1.29, 1.82) is 0 Å². The zero-order valence-electron chi connectivity index (χ0n) is 19.8. The monoisotopic (exact) mass is 499 g/mol. The number of anilines is 2. The Bertz CT molecular complexity index is 1480. The van der Waals surface area contributed by atoms with E-state index in [1.807, 2.05) is 48.6 Å². The number of carbonyl (C=O) groups excluding carboxylic acids is 1. The van der Waals surface area contributed by atoms with Crippen molar-refractivity contribution in [2.45, 2.75) is 4.90 Å². The third kappa shape index (κ3) is 5.61. The number of hydrogen-bond donors (Lipinski definition) is 1. The minimum atomic E-state index is -3.85. The van der Waals surface area contributed by atoms with Crippen LogP contribution in [0.3, 0.4) is 0 Å². The Morgan fingerprint density at radius 2 is 1.67 bits per heavy atom. The number of pyridine rings is 1. The molecular formula is C28H25N3O4S. The van der Waals surface area contributed by atoms with Gasteiger partial charge in [-0.2, -0.15) is 0 Å². The largest absolute Gasteiger partial charge is 0.495 e. The number of carbonyl (C=O) groups is 1. The lowest BCUT2D eigenvalue weighted by Crippen LogP contribution is -2.27. The molecule has 1 amide bonds. The van der Waals surface area contributed by atoms with Crippen molar-refractivity contribution < 1.29 is 17.9 Å². The number of rotatable bonds is 8. The predicted molar refractivity (Wildman–Crippen MR) is 143 cm³/mol. The molecule has 4 aromatic rings. The number of methoxy groups -OCH3 is 1. The number of ether oxygens (including phenoxy) is 1. The maximum Gasteiger partial charge on any atom is 0.264 e. The summed E-state index contributed by atoms with van der Waals surface area (Å²) >= 11 is 0. The molecule has 1 heterocycles. The summed E-state index contributed by atoms with van der Waals surface area (Å²) in [5.41, 5.74) is 3.11. The van der Waals surface area contributed by atoms with Gasteiger partial charge < -0.3 is 10.1 Å². The molecule has 4 rings (SSSR count). The molecule has 0 fully saturated rings. The summed E-state index contributed by atoms with van der Waals surface area (Å²) in [6.07, 6.45) is 5.53. The number of hydrogen-bond acceptors (Lipinski definition) is 5. The summed E-state index contributed by atoms with van der Waals surface area (Å²) in [5.74, 6) is 0.0968. The van der Waals surface area contributed by atoms with Crippen LogP contribution in [0.15, 0.2) is 102 Å². The number of aromatic nitrogens is 1. The van der Waals surface area contributed by atoms with E-state index < -0.39 is 10.0 Å². The highest BCUT2D eigenvalue weighted by Crippen LogP contribution is 2.31. The van der Waals surface area contributed by atoms with Gasteiger partial charge in [0.05, 0.1) is 23.4 Å². The lowest BCUT2D eigenvalue weighted by atomic mass is 10.1. The molecule has 0 aliphatic carbocycles. The summed E-state index contributed by atoms with van der Waals surface area (Å²) in [5, 5.41) is 2.85. The van der Waals surface area contributed by atoms with Gasteiger partial charge in [0.2, 0.25) is 0 Å². The van der Waals surface area contributed by atoms with Crippen LogP contribution in [0.5, 0.6) is 5.75 Å². The van der Waals surface area contributed by atoms with Gasteiger partial charge in [-0.15, -0.1) is 0 Å². The van der Waals surface area contributed by atoms with Crippen LogP contribution in [-0.4, -0.2) is 33.5 Å². The second kappa shape index (κ2) is 10.9. The lowest BCUT2D eigenvalue weighted by Gasteiger charge is -2.21. The van der Waals surface area contributed by atoms with Crippen LogP contribution in [0, 0.1) is 0 Å². The highest BCUT2D eigenvalue weighted by Gasteiger charge is 2.24. The molecule has 8 heteroatoms. The van der Waals surface area contributed by atoms with Gasteiger partial charge in [0, 0.05) is 24.5 Å². The number of sulfonamides is 1. The molecule has 3 aromatic carbocycles. The van der Waals surface area contributed by atoms with Crippen molar-refractivity contribution in [2.24, 2.45) is 0 Å². The van der Waals surface area contributed by atoms with Gasteiger partial charge in [0.15, 0.2) is 0 Å². The van der Waals surface area contributed by atoms with Crippen LogP contribution in [0.4, 0.5) is 11.4 Å². The van der Waals surface area contributed by atoms with Crippen molar-refractivity contribution in [3.05, 3.63) is 114 Å². The summed E-state index contributed by atoms with van der Waals surface area (Å²) in [7, 11) is -0.905. The average Bonchev–Trinajstić information content (AvgIpc) is 2.92. The number of nitrogens with zero attached hydrogens (tertiary/aromatic N) is 2. The molecule has 0 atom stereocenters. The minimum absolute atomic E-state index is 0.0640. The molecule has 7 nitrogen and oxygen atoms in total. The number of benzene rings is 3. The van der Waals surface area contributed by atoms with E-state index in [4.69, 9.17) is 4.74 Å². The molecule has 0 spiro atoms. The second-order valence-corrected chi connectivity index (χ2v) is 9.81. The molecule has 0 unspecified atom stereocenters. The average molecular weight is 500 g/mol. The van der Waals surface area contributed by atoms with Crippen LogP contribution in [-0.2, 0) is 10.0 Å². The van der Waals surface area contributed by atoms with E-state index in [0.29, 0.717) is 22.7 Å². The highest BCUT2D eigenvalue weighted by atomic mass is 32.2. The van der Waals surface area contributed by atoms with Crippen LogP contribution < -0.4 is 14.4 Å². The summed E-state index contributed by atoms with van der Waals surface area (Å²) in [4.78, 5) is 17.1. The Balaban J connectivity index is 1.47. The van der Waals surface area contributed by atoms with Gasteiger partial charge in [-0.1, -0.05) is 36.4 Å². The molecule has 0 bridgehead atoms. The molecular weight excluding hydrogens is 474 g/mol. The van der Waals surface area contributed by atoms with E-state index in [1.54, 1.807) is 36.5 Å². The Hall–Kier alpha value is -4.43. The van der Waals surface area contributed by atoms with Gasteiger partial charge in [-0.05, 0) is 72.3 Å². The normalized spacial score (nSPS) is 11.3. The van der Waals surface area contributed by atoms with E-state index in [9.17, 15) is 13.2 Å². The predicted octanol–water partition coefficient (Wildman–Crippen LogP) is 5.34. The van der Waals surface area contributed by atoms with E-state index in [-0.39, 0.29) is 10.8 Å². The fraction of sp³-hybridized carbons (Fsp3) is 0.0714. The Morgan fingerprint density at radius 1 is 0.917 bits per heavy atom. The molecule has 182 valence electrons. The van der Waals surface area contributed by atoms with Crippen molar-refractivity contribution in [3.63, 3.8) is 0 Å². The molecule has 0 radical (unpaired) electrons. The minimum Gasteiger partial charge on any atom is -0.495 e. The van der Waals surface area contributed by atoms with Gasteiger partial charge in [0.1, 0.15) is 5.75 Å². The van der Waals surface area contributed by atoms with E-state index >= 15 is 0 Å². The topological polar surface area (TPSA) is 88.6 Å². The first-order valence-electron chi connectivity index (χ1n) is 11.1. The SMILES string of the molecule is COc1ccccc1N(C)S(=O)(=O)c1ccc(C(=O)Nc2cccc(/C=C/c3ccccn3)c2)cc1. The van der Waals surface area contributed by atoms with Crippen LogP contribution >= 0.6 is 0 Å². The van der Waals surface area contributed by atoms with Crippen LogP contribution in [0.25, 0.3) is 12.2 Å². The zero-order valence-corrected chi connectivity index (χ0v) is 20.6. The third-order valence-electron chi connectivity index (χ3n) is 5.48. The maximum atomic E-state index is 13.1. The number of nitrogens with one attached hydrogen (secondary N) is 1. The standard InChI is InChI=1S/C28H25N3O4S/c1-31(26-11-3-4-12-27(26)35-2)36(33,34)25-17-14-22(15-18-25)28(32)30-24-10-7-8-21(20-24)13-16-23-9-5-6-19-29-23/h3-20H,1-2H3,(H,30,32)/b16-13+. The van der Waals surface area contributed by atoms with E-state index in [2.05, 4.69) is 10.3 Å². The fourth-order valence-electron chi connectivity index (χ4n) is 3.54. The smallest absolute Gasteiger partial charge is 0.264 e. The lowest BCUT2D eigenvalue weighted by molar-refractivity contribution is 0.102.